The van der Waals surface area contributed by atoms with Crippen molar-refractivity contribution in [3.8, 4) is 0 Å². The number of carbonyl (C=O) groups is 2. The zero-order chi connectivity index (χ0) is 15.4. The molecular formula is C13H13ClN2O3S2. The first-order valence-electron chi connectivity index (χ1n) is 6.00. The predicted molar refractivity (Wildman–Crippen MR) is 86.6 cm³/mol. The maximum atomic E-state index is 11.8. The lowest BCUT2D eigenvalue weighted by molar-refractivity contribution is -0.113. The van der Waals surface area contributed by atoms with Crippen molar-refractivity contribution in [1.29, 1.82) is 0 Å². The van der Waals surface area contributed by atoms with Gasteiger partial charge in [-0.15, -0.1) is 23.1 Å². The summed E-state index contributed by atoms with van der Waals surface area (Å²) in [6, 6.07) is 3.75. The molecule has 5 nitrogen and oxygen atoms in total. The van der Waals surface area contributed by atoms with Gasteiger partial charge in [-0.3, -0.25) is 4.79 Å². The van der Waals surface area contributed by atoms with Gasteiger partial charge < -0.3 is 15.4 Å². The van der Waals surface area contributed by atoms with E-state index in [0.717, 1.165) is 9.21 Å². The van der Waals surface area contributed by atoms with E-state index in [1.807, 2.05) is 12.1 Å². The van der Waals surface area contributed by atoms with Gasteiger partial charge >= 0.3 is 5.97 Å². The van der Waals surface area contributed by atoms with Crippen LogP contribution < -0.4 is 5.32 Å². The molecular weight excluding hydrogens is 332 g/mol. The smallest absolute Gasteiger partial charge is 0.339 e. The molecule has 0 spiro atoms. The highest BCUT2D eigenvalue weighted by atomic mass is 35.5. The number of aromatic carboxylic acids is 1. The van der Waals surface area contributed by atoms with Crippen molar-refractivity contribution in [3.05, 3.63) is 38.8 Å². The van der Waals surface area contributed by atoms with E-state index in [2.05, 4.69) is 10.3 Å². The summed E-state index contributed by atoms with van der Waals surface area (Å²) in [6.45, 7) is 1.65. The lowest BCUT2D eigenvalue weighted by atomic mass is 10.2. The van der Waals surface area contributed by atoms with E-state index in [0.29, 0.717) is 17.1 Å². The van der Waals surface area contributed by atoms with Crippen LogP contribution in [0.15, 0.2) is 18.3 Å². The van der Waals surface area contributed by atoms with Gasteiger partial charge in [0.05, 0.1) is 15.8 Å². The normalized spacial score (nSPS) is 10.6. The lowest BCUT2D eigenvalue weighted by Crippen LogP contribution is -2.16. The van der Waals surface area contributed by atoms with E-state index in [1.165, 1.54) is 29.3 Å². The Hall–Kier alpha value is -1.44. The summed E-state index contributed by atoms with van der Waals surface area (Å²) in [4.78, 5) is 26.8. The number of halogens is 1. The summed E-state index contributed by atoms with van der Waals surface area (Å²) in [5, 5.41) is 11.7. The Bertz CT molecular complexity index is 666. The van der Waals surface area contributed by atoms with Crippen LogP contribution in [0.25, 0.3) is 0 Å². The third kappa shape index (κ3) is 4.26. The molecule has 1 amide bonds. The van der Waals surface area contributed by atoms with Crippen LogP contribution in [0.4, 0.5) is 5.69 Å². The second-order valence-electron chi connectivity index (χ2n) is 4.25. The van der Waals surface area contributed by atoms with E-state index in [1.54, 1.807) is 6.92 Å². The fourth-order valence-corrected chi connectivity index (χ4v) is 3.79. The van der Waals surface area contributed by atoms with Gasteiger partial charge in [-0.05, 0) is 19.1 Å². The highest BCUT2D eigenvalue weighted by molar-refractivity contribution is 7.99. The minimum Gasteiger partial charge on any atom is -0.478 e. The molecule has 0 aromatic carbocycles. The molecule has 3 N–H and O–H groups in total. The fourth-order valence-electron chi connectivity index (χ4n) is 1.76. The van der Waals surface area contributed by atoms with Gasteiger partial charge in [-0.2, -0.15) is 0 Å². The molecule has 2 heterocycles. The second-order valence-corrected chi connectivity index (χ2v) is 7.04. The van der Waals surface area contributed by atoms with Crippen LogP contribution in [0.1, 0.15) is 20.9 Å². The summed E-state index contributed by atoms with van der Waals surface area (Å²) in [5.74, 6) is -0.351. The fraction of sp³-hybridized carbons (Fsp3) is 0.231. The number of nitrogens with one attached hydrogen (secondary N) is 2. The van der Waals surface area contributed by atoms with E-state index >= 15 is 0 Å². The molecule has 8 heteroatoms. The molecule has 0 fully saturated rings. The van der Waals surface area contributed by atoms with Crippen molar-refractivity contribution < 1.29 is 14.7 Å². The number of H-pyrrole nitrogens is 1. The number of aromatic nitrogens is 1. The van der Waals surface area contributed by atoms with Crippen LogP contribution in [0.2, 0.25) is 4.34 Å². The third-order valence-electron chi connectivity index (χ3n) is 2.67. The standard InChI is InChI=1S/C13H13ClN2O3S2/c1-7-12(13(18)19)9(4-15-7)16-11(17)6-20-5-8-2-3-10(14)21-8/h2-4,15H,5-6H2,1H3,(H,16,17)(H,18,19). The monoisotopic (exact) mass is 344 g/mol. The first kappa shape index (κ1) is 15.9. The Morgan fingerprint density at radius 1 is 1.48 bits per heavy atom. The summed E-state index contributed by atoms with van der Waals surface area (Å²) in [5.41, 5.74) is 0.904. The van der Waals surface area contributed by atoms with Gasteiger partial charge in [0, 0.05) is 22.5 Å². The van der Waals surface area contributed by atoms with Crippen molar-refractivity contribution in [3.63, 3.8) is 0 Å². The van der Waals surface area contributed by atoms with Gasteiger partial charge in [0.25, 0.3) is 0 Å². The topological polar surface area (TPSA) is 82.2 Å². The Morgan fingerprint density at radius 2 is 2.24 bits per heavy atom. The summed E-state index contributed by atoms with van der Waals surface area (Å²) in [6.07, 6.45) is 1.49. The Labute approximate surface area is 134 Å². The summed E-state index contributed by atoms with van der Waals surface area (Å²) >= 11 is 8.76. The highest BCUT2D eigenvalue weighted by Gasteiger charge is 2.17. The summed E-state index contributed by atoms with van der Waals surface area (Å²) < 4.78 is 0.726. The van der Waals surface area contributed by atoms with E-state index in [4.69, 9.17) is 16.7 Å². The molecule has 0 saturated carbocycles. The maximum Gasteiger partial charge on any atom is 0.339 e. The van der Waals surface area contributed by atoms with Gasteiger partial charge in [0.1, 0.15) is 5.56 Å². The minimum absolute atomic E-state index is 0.0957. The molecule has 2 rings (SSSR count). The molecule has 0 unspecified atom stereocenters. The molecule has 2 aromatic rings. The van der Waals surface area contributed by atoms with Crippen molar-refractivity contribution in [2.75, 3.05) is 11.1 Å². The number of thioether (sulfide) groups is 1. The van der Waals surface area contributed by atoms with Gasteiger partial charge in [0.2, 0.25) is 5.91 Å². The van der Waals surface area contributed by atoms with Gasteiger partial charge in [-0.1, -0.05) is 11.6 Å². The largest absolute Gasteiger partial charge is 0.478 e. The quantitative estimate of drug-likeness (QED) is 0.747. The maximum absolute atomic E-state index is 11.8. The van der Waals surface area contributed by atoms with Gasteiger partial charge in [0.15, 0.2) is 0 Å². The minimum atomic E-state index is -1.06. The molecule has 0 radical (unpaired) electrons. The molecule has 0 bridgehead atoms. The molecule has 0 aliphatic carbocycles. The van der Waals surface area contributed by atoms with Gasteiger partial charge in [-0.25, -0.2) is 4.79 Å². The van der Waals surface area contributed by atoms with Crippen LogP contribution in [-0.4, -0.2) is 27.7 Å². The van der Waals surface area contributed by atoms with Crippen LogP contribution in [0.3, 0.4) is 0 Å². The number of amides is 1. The Morgan fingerprint density at radius 3 is 2.86 bits per heavy atom. The average Bonchev–Trinajstić information content (AvgIpc) is 2.96. The number of rotatable bonds is 6. The van der Waals surface area contributed by atoms with Crippen molar-refractivity contribution in [2.45, 2.75) is 12.7 Å². The molecule has 0 saturated heterocycles. The van der Waals surface area contributed by atoms with Crippen LogP contribution in [0.5, 0.6) is 0 Å². The zero-order valence-corrected chi connectivity index (χ0v) is 13.5. The Kier molecular flexibility index (Phi) is 5.33. The van der Waals surface area contributed by atoms with Crippen molar-refractivity contribution in [1.82, 2.24) is 4.98 Å². The molecule has 21 heavy (non-hydrogen) atoms. The first-order chi connectivity index (χ1) is 9.97. The predicted octanol–water partition coefficient (Wildman–Crippen LogP) is 3.61. The molecule has 0 atom stereocenters. The Balaban J connectivity index is 1.86. The number of hydrogen-bond acceptors (Lipinski definition) is 4. The number of hydrogen-bond donors (Lipinski definition) is 3. The SMILES string of the molecule is Cc1[nH]cc(NC(=O)CSCc2ccc(Cl)s2)c1C(=O)O. The van der Waals surface area contributed by atoms with Crippen molar-refractivity contribution in [2.24, 2.45) is 0 Å². The number of aryl methyl sites for hydroxylation is 1. The van der Waals surface area contributed by atoms with Crippen LogP contribution >= 0.6 is 34.7 Å². The summed E-state index contributed by atoms with van der Waals surface area (Å²) in [7, 11) is 0. The molecule has 2 aromatic heterocycles. The van der Waals surface area contributed by atoms with Crippen LogP contribution in [-0.2, 0) is 10.5 Å². The van der Waals surface area contributed by atoms with Crippen molar-refractivity contribution >= 4 is 52.3 Å². The molecule has 0 aliphatic rings. The number of carboxylic acids is 1. The highest BCUT2D eigenvalue weighted by Crippen LogP contribution is 2.25. The van der Waals surface area contributed by atoms with Crippen LogP contribution in [0, 0.1) is 6.92 Å². The van der Waals surface area contributed by atoms with E-state index < -0.39 is 5.97 Å². The number of aromatic amines is 1. The first-order valence-corrected chi connectivity index (χ1v) is 8.35. The number of carboxylic acid groups (broad SMARTS) is 1. The number of thiophene rings is 1. The lowest BCUT2D eigenvalue weighted by Gasteiger charge is -2.04. The average molecular weight is 345 g/mol. The molecule has 112 valence electrons. The number of carbonyl (C=O) groups excluding carboxylic acids is 1. The third-order valence-corrected chi connectivity index (χ3v) is 5.07. The van der Waals surface area contributed by atoms with E-state index in [9.17, 15) is 9.59 Å². The zero-order valence-electron chi connectivity index (χ0n) is 11.1. The number of anilines is 1. The molecule has 0 aliphatic heterocycles. The second kappa shape index (κ2) is 7.02. The van der Waals surface area contributed by atoms with E-state index in [-0.39, 0.29) is 17.2 Å².